The molecule has 1 aliphatic carbocycles. The lowest BCUT2D eigenvalue weighted by Crippen LogP contribution is -2.65. The van der Waals surface area contributed by atoms with Crippen LogP contribution >= 0.6 is 0 Å². The number of rotatable bonds is 0. The molecule has 5 atom stereocenters. The van der Waals surface area contributed by atoms with Crippen LogP contribution in [0.25, 0.3) is 0 Å². The zero-order chi connectivity index (χ0) is 21.6. The molecule has 5 rings (SSSR count). The van der Waals surface area contributed by atoms with Gasteiger partial charge in [0.15, 0.2) is 0 Å². The van der Waals surface area contributed by atoms with E-state index in [0.29, 0.717) is 5.41 Å². The Morgan fingerprint density at radius 1 is 0.750 bits per heavy atom. The van der Waals surface area contributed by atoms with Gasteiger partial charge in [0.25, 0.3) is 0 Å². The lowest BCUT2D eigenvalue weighted by Gasteiger charge is -2.62. The molecule has 1 saturated carbocycles. The Morgan fingerprint density at radius 3 is 2.50 bits per heavy atom. The number of nitrogens with zero attached hydrogens (tertiary/aromatic N) is 2. The predicted octanol–water partition coefficient (Wildman–Crippen LogP) is 6.69. The number of fused-ring (bicyclic) bond motifs is 1. The van der Waals surface area contributed by atoms with E-state index in [9.17, 15) is 0 Å². The zero-order valence-corrected chi connectivity index (χ0v) is 20.1. The van der Waals surface area contributed by atoms with Gasteiger partial charge in [-0.15, -0.1) is 0 Å². The van der Waals surface area contributed by atoms with Crippen LogP contribution in [0.1, 0.15) is 70.6 Å². The SMILES string of the molecule is C1=C\CC/C=C/C[C@@]23CN(CC/C=C\C/1)C[C@H]1C/C4=C\C/C=C\CCCCN(C2)[C@H]4C[C@H]13. The topological polar surface area (TPSA) is 6.48 Å². The summed E-state index contributed by atoms with van der Waals surface area (Å²) in [6.45, 7) is 6.49. The van der Waals surface area contributed by atoms with Gasteiger partial charge in [-0.2, -0.15) is 0 Å². The first kappa shape index (κ1) is 22.4. The van der Waals surface area contributed by atoms with E-state index < -0.39 is 0 Å². The molecular formula is C30H44N2. The third kappa shape index (κ3) is 5.07. The molecule has 0 N–H and O–H groups in total. The highest BCUT2D eigenvalue weighted by molar-refractivity contribution is 5.24. The molecule has 0 amide bonds. The molecule has 4 bridgehead atoms. The molecule has 174 valence electrons. The Kier molecular flexibility index (Phi) is 7.49. The van der Waals surface area contributed by atoms with Gasteiger partial charge in [0.2, 0.25) is 0 Å². The minimum Gasteiger partial charge on any atom is -0.302 e. The summed E-state index contributed by atoms with van der Waals surface area (Å²) in [6, 6.07) is 0.730. The number of piperidine rings is 2. The Morgan fingerprint density at radius 2 is 1.56 bits per heavy atom. The van der Waals surface area contributed by atoms with E-state index in [1.807, 2.05) is 0 Å². The maximum absolute atomic E-state index is 2.94. The monoisotopic (exact) mass is 432 g/mol. The highest BCUT2D eigenvalue weighted by Gasteiger charge is 2.55. The van der Waals surface area contributed by atoms with Gasteiger partial charge in [0.1, 0.15) is 0 Å². The number of hydrogen-bond acceptors (Lipinski definition) is 2. The second-order valence-electron chi connectivity index (χ2n) is 11.1. The molecule has 4 heterocycles. The van der Waals surface area contributed by atoms with E-state index in [4.69, 9.17) is 0 Å². The lowest BCUT2D eigenvalue weighted by atomic mass is 9.55. The molecule has 2 nitrogen and oxygen atoms in total. The van der Waals surface area contributed by atoms with E-state index >= 15 is 0 Å². The average molecular weight is 433 g/mol. The molecule has 0 aromatic carbocycles. The van der Waals surface area contributed by atoms with Crippen LogP contribution in [0.5, 0.6) is 0 Å². The van der Waals surface area contributed by atoms with Crippen molar-refractivity contribution in [1.82, 2.24) is 9.80 Å². The molecule has 0 aromatic rings. The number of hydrogen-bond donors (Lipinski definition) is 0. The van der Waals surface area contributed by atoms with Crippen LogP contribution in [0.3, 0.4) is 0 Å². The summed E-state index contributed by atoms with van der Waals surface area (Å²) in [5.41, 5.74) is 2.24. The third-order valence-corrected chi connectivity index (χ3v) is 8.91. The predicted molar refractivity (Wildman–Crippen MR) is 137 cm³/mol. The summed E-state index contributed by atoms with van der Waals surface area (Å²) in [4.78, 5) is 5.80. The molecule has 2 heteroatoms. The van der Waals surface area contributed by atoms with Gasteiger partial charge in [0, 0.05) is 37.6 Å². The summed E-state index contributed by atoms with van der Waals surface area (Å²) in [5, 5.41) is 0. The summed E-state index contributed by atoms with van der Waals surface area (Å²) in [5.74, 6) is 1.77. The minimum atomic E-state index is 0.458. The van der Waals surface area contributed by atoms with Gasteiger partial charge in [-0.25, -0.2) is 0 Å². The van der Waals surface area contributed by atoms with Crippen molar-refractivity contribution < 1.29 is 0 Å². The first-order valence-electron chi connectivity index (χ1n) is 13.6. The molecule has 2 saturated heterocycles. The second-order valence-corrected chi connectivity index (χ2v) is 11.1. The first-order valence-corrected chi connectivity index (χ1v) is 13.6. The van der Waals surface area contributed by atoms with Crippen LogP contribution in [0.15, 0.2) is 60.3 Å². The maximum atomic E-state index is 2.94. The van der Waals surface area contributed by atoms with Gasteiger partial charge in [-0.1, -0.05) is 60.3 Å². The Labute approximate surface area is 196 Å². The standard InChI is InChI=1S/C30H44N2/c1-2-4-7-11-15-19-31-23-27-21-26-17-13-9-5-8-12-16-20-32-25-30(24-31,18-14-10-6-3-1)28(27)22-29(26)32/h1-2,5,7,9-11,14,17,27-29H,3-4,6,8,12-13,15-16,18-25H2/b2-1-,9-5-,11-7-,14-10+,26-17+/t27-,28-,29+,30-/m1/s1. The van der Waals surface area contributed by atoms with Crippen molar-refractivity contribution in [1.29, 1.82) is 0 Å². The average Bonchev–Trinajstić information content (AvgIpc) is 2.84. The Bertz CT molecular complexity index is 772. The van der Waals surface area contributed by atoms with Gasteiger partial charge in [-0.3, -0.25) is 4.90 Å². The summed E-state index contributed by atoms with van der Waals surface area (Å²) in [6.07, 6.45) is 35.9. The molecule has 32 heavy (non-hydrogen) atoms. The molecule has 5 aliphatic rings. The molecule has 1 unspecified atom stereocenters. The van der Waals surface area contributed by atoms with Gasteiger partial charge in [-0.05, 0) is 89.0 Å². The molecule has 0 aromatic heterocycles. The maximum Gasteiger partial charge on any atom is 0.0310 e. The molecule has 4 aliphatic heterocycles. The fourth-order valence-electron chi connectivity index (χ4n) is 7.44. The van der Waals surface area contributed by atoms with E-state index in [0.717, 1.165) is 30.7 Å². The van der Waals surface area contributed by atoms with Gasteiger partial charge in [0.05, 0.1) is 0 Å². The molecule has 1 spiro atoms. The van der Waals surface area contributed by atoms with Crippen molar-refractivity contribution in [2.75, 3.05) is 32.7 Å². The highest BCUT2D eigenvalue weighted by atomic mass is 15.2. The smallest absolute Gasteiger partial charge is 0.0310 e. The lowest BCUT2D eigenvalue weighted by molar-refractivity contribution is -0.102. The van der Waals surface area contributed by atoms with E-state index in [2.05, 4.69) is 64.5 Å². The fraction of sp³-hybridized carbons (Fsp3) is 0.667. The second kappa shape index (κ2) is 10.7. The largest absolute Gasteiger partial charge is 0.302 e. The van der Waals surface area contributed by atoms with Crippen molar-refractivity contribution >= 4 is 0 Å². The van der Waals surface area contributed by atoms with Crippen LogP contribution in [0.2, 0.25) is 0 Å². The van der Waals surface area contributed by atoms with Crippen molar-refractivity contribution in [3.05, 3.63) is 60.3 Å². The molecular weight excluding hydrogens is 388 g/mol. The van der Waals surface area contributed by atoms with Crippen molar-refractivity contribution in [3.8, 4) is 0 Å². The third-order valence-electron chi connectivity index (χ3n) is 8.91. The molecule has 3 fully saturated rings. The van der Waals surface area contributed by atoms with Crippen LogP contribution < -0.4 is 0 Å². The van der Waals surface area contributed by atoms with Crippen LogP contribution in [0.4, 0.5) is 0 Å². The Hall–Kier alpha value is -1.38. The normalized spacial score (nSPS) is 44.4. The summed E-state index contributed by atoms with van der Waals surface area (Å²) < 4.78 is 0. The minimum absolute atomic E-state index is 0.458. The Balaban J connectivity index is 1.44. The van der Waals surface area contributed by atoms with Crippen LogP contribution in [0, 0.1) is 17.3 Å². The molecule has 0 radical (unpaired) electrons. The van der Waals surface area contributed by atoms with Crippen molar-refractivity contribution in [2.45, 2.75) is 76.7 Å². The van der Waals surface area contributed by atoms with Crippen LogP contribution in [-0.2, 0) is 0 Å². The van der Waals surface area contributed by atoms with E-state index in [1.54, 1.807) is 5.57 Å². The van der Waals surface area contributed by atoms with Crippen molar-refractivity contribution in [3.63, 3.8) is 0 Å². The van der Waals surface area contributed by atoms with Gasteiger partial charge >= 0.3 is 0 Å². The quantitative estimate of drug-likeness (QED) is 0.394. The number of allylic oxidation sites excluding steroid dienone is 8. The highest BCUT2D eigenvalue weighted by Crippen LogP contribution is 2.55. The summed E-state index contributed by atoms with van der Waals surface area (Å²) >= 11 is 0. The van der Waals surface area contributed by atoms with E-state index in [1.165, 1.54) is 90.5 Å². The fourth-order valence-corrected chi connectivity index (χ4v) is 7.44. The first-order chi connectivity index (χ1) is 15.8. The van der Waals surface area contributed by atoms with Crippen molar-refractivity contribution in [2.24, 2.45) is 17.3 Å². The summed E-state index contributed by atoms with van der Waals surface area (Å²) in [7, 11) is 0. The zero-order valence-electron chi connectivity index (χ0n) is 20.1. The van der Waals surface area contributed by atoms with Crippen LogP contribution in [-0.4, -0.2) is 48.6 Å². The van der Waals surface area contributed by atoms with E-state index in [-0.39, 0.29) is 0 Å². The van der Waals surface area contributed by atoms with Gasteiger partial charge < -0.3 is 4.90 Å².